The average Bonchev–Trinajstić information content (AvgIpc) is 2.53. The summed E-state index contributed by atoms with van der Waals surface area (Å²) in [6.45, 7) is 0. The van der Waals surface area contributed by atoms with Crippen LogP contribution in [0.3, 0.4) is 0 Å². The number of rotatable bonds is 6. The Hall–Kier alpha value is -1.97. The first-order chi connectivity index (χ1) is 9.68. The normalized spacial score (nSPS) is 13.7. The number of ketones is 1. The lowest BCUT2D eigenvalue weighted by Gasteiger charge is -2.16. The van der Waals surface area contributed by atoms with Crippen molar-refractivity contribution in [2.45, 2.75) is 25.0 Å². The molecule has 0 radical (unpaired) electrons. The fourth-order valence-electron chi connectivity index (χ4n) is 2.07. The highest BCUT2D eigenvalue weighted by molar-refractivity contribution is 5.99. The van der Waals surface area contributed by atoms with Gasteiger partial charge in [-0.25, -0.2) is 0 Å². The van der Waals surface area contributed by atoms with Crippen LogP contribution in [0.5, 0.6) is 0 Å². The molecule has 0 aromatic heterocycles. The molecule has 0 heterocycles. The first kappa shape index (κ1) is 14.4. The molecule has 0 spiro atoms. The molecule has 3 heteroatoms. The maximum absolute atomic E-state index is 12.0. The van der Waals surface area contributed by atoms with Gasteiger partial charge in [0, 0.05) is 5.56 Å². The van der Waals surface area contributed by atoms with Crippen LogP contribution >= 0.6 is 0 Å². The summed E-state index contributed by atoms with van der Waals surface area (Å²) in [5.74, 6) is -0.439. The minimum absolute atomic E-state index is 0.351. The lowest BCUT2D eigenvalue weighted by Crippen LogP contribution is -2.34. The van der Waals surface area contributed by atoms with Crippen molar-refractivity contribution in [2.24, 2.45) is 0 Å². The van der Waals surface area contributed by atoms with Gasteiger partial charge in [0.05, 0.1) is 6.10 Å². The Kier molecular flexibility index (Phi) is 5.04. The monoisotopic (exact) mass is 270 g/mol. The minimum atomic E-state index is -1.37. The third-order valence-corrected chi connectivity index (χ3v) is 3.26. The summed E-state index contributed by atoms with van der Waals surface area (Å²) in [4.78, 5) is 12.0. The predicted octanol–water partition coefficient (Wildman–Crippen LogP) is 2.22. The molecule has 2 aromatic rings. The molecule has 0 fully saturated rings. The molecule has 2 N–H and O–H groups in total. The molecule has 0 amide bonds. The van der Waals surface area contributed by atoms with Gasteiger partial charge in [-0.15, -0.1) is 0 Å². The van der Waals surface area contributed by atoms with Crippen LogP contribution in [0, 0.1) is 0 Å². The number of aryl methyl sites for hydroxylation is 1. The number of carbonyl (C=O) groups excluding carboxylic acids is 1. The van der Waals surface area contributed by atoms with Gasteiger partial charge in [0.1, 0.15) is 6.10 Å². The van der Waals surface area contributed by atoms with Gasteiger partial charge in [-0.05, 0) is 18.4 Å². The molecule has 0 unspecified atom stereocenters. The smallest absolute Gasteiger partial charge is 0.193 e. The van der Waals surface area contributed by atoms with E-state index in [1.807, 2.05) is 30.3 Å². The zero-order valence-corrected chi connectivity index (χ0v) is 11.1. The molecule has 2 rings (SSSR count). The van der Waals surface area contributed by atoms with E-state index in [-0.39, 0.29) is 0 Å². The van der Waals surface area contributed by atoms with E-state index in [0.717, 1.165) is 5.56 Å². The molecule has 20 heavy (non-hydrogen) atoms. The summed E-state index contributed by atoms with van der Waals surface area (Å²) in [5, 5.41) is 19.9. The molecule has 0 aliphatic carbocycles. The van der Waals surface area contributed by atoms with Gasteiger partial charge in [-0.1, -0.05) is 60.7 Å². The van der Waals surface area contributed by atoms with Gasteiger partial charge in [-0.3, -0.25) is 4.79 Å². The Bertz CT molecular complexity index is 537. The number of aliphatic hydroxyl groups is 2. The minimum Gasteiger partial charge on any atom is -0.390 e. The Morgan fingerprint density at radius 3 is 2.05 bits per heavy atom. The lowest BCUT2D eigenvalue weighted by molar-refractivity contribution is 0.0180. The van der Waals surface area contributed by atoms with E-state index in [4.69, 9.17) is 0 Å². The van der Waals surface area contributed by atoms with Gasteiger partial charge < -0.3 is 10.2 Å². The maximum Gasteiger partial charge on any atom is 0.193 e. The third-order valence-electron chi connectivity index (χ3n) is 3.26. The van der Waals surface area contributed by atoms with Gasteiger partial charge in [-0.2, -0.15) is 0 Å². The van der Waals surface area contributed by atoms with Crippen LogP contribution in [0.1, 0.15) is 22.3 Å². The number of Topliss-reactive ketones (excluding diaryl/α,β-unsaturated/α-hetero) is 1. The SMILES string of the molecule is O=C(c1ccccc1)[C@H](O)[C@@H](O)CCc1ccccc1. The number of benzene rings is 2. The van der Waals surface area contributed by atoms with Crippen molar-refractivity contribution >= 4 is 5.78 Å². The standard InChI is InChI=1S/C17H18O3/c18-15(12-11-13-7-3-1-4-8-13)17(20)16(19)14-9-5-2-6-10-14/h1-10,15,17-18,20H,11-12H2/t15-,17+/m0/s1. The molecule has 2 atom stereocenters. The van der Waals surface area contributed by atoms with Gasteiger partial charge in [0.25, 0.3) is 0 Å². The highest BCUT2D eigenvalue weighted by atomic mass is 16.3. The number of hydrogen-bond donors (Lipinski definition) is 2. The van der Waals surface area contributed by atoms with Crippen molar-refractivity contribution in [3.63, 3.8) is 0 Å². The quantitative estimate of drug-likeness (QED) is 0.791. The largest absolute Gasteiger partial charge is 0.390 e. The summed E-state index contributed by atoms with van der Waals surface area (Å²) in [6, 6.07) is 18.2. The maximum atomic E-state index is 12.0. The van der Waals surface area contributed by atoms with Crippen LogP contribution in [0.2, 0.25) is 0 Å². The van der Waals surface area contributed by atoms with E-state index in [1.54, 1.807) is 30.3 Å². The molecule has 0 aliphatic rings. The molecule has 0 saturated carbocycles. The number of hydrogen-bond acceptors (Lipinski definition) is 3. The van der Waals surface area contributed by atoms with Crippen molar-refractivity contribution in [2.75, 3.05) is 0 Å². The second kappa shape index (κ2) is 6.98. The van der Waals surface area contributed by atoms with Crippen molar-refractivity contribution < 1.29 is 15.0 Å². The van der Waals surface area contributed by atoms with E-state index < -0.39 is 18.0 Å². The Morgan fingerprint density at radius 2 is 1.45 bits per heavy atom. The highest BCUT2D eigenvalue weighted by Crippen LogP contribution is 2.11. The molecule has 0 saturated heterocycles. The van der Waals surface area contributed by atoms with Crippen LogP contribution in [-0.2, 0) is 6.42 Å². The zero-order valence-electron chi connectivity index (χ0n) is 11.1. The van der Waals surface area contributed by atoms with Gasteiger partial charge in [0.15, 0.2) is 5.78 Å². The topological polar surface area (TPSA) is 57.5 Å². The summed E-state index contributed by atoms with van der Waals surface area (Å²) in [7, 11) is 0. The fourth-order valence-corrected chi connectivity index (χ4v) is 2.07. The van der Waals surface area contributed by atoms with E-state index in [2.05, 4.69) is 0 Å². The second-order valence-electron chi connectivity index (χ2n) is 4.77. The molecule has 0 aliphatic heterocycles. The third kappa shape index (κ3) is 3.76. The zero-order chi connectivity index (χ0) is 14.4. The van der Waals surface area contributed by atoms with Gasteiger partial charge in [0.2, 0.25) is 0 Å². The Balaban J connectivity index is 1.92. The second-order valence-corrected chi connectivity index (χ2v) is 4.77. The highest BCUT2D eigenvalue weighted by Gasteiger charge is 2.24. The van der Waals surface area contributed by atoms with Crippen LogP contribution in [0.4, 0.5) is 0 Å². The van der Waals surface area contributed by atoms with E-state index in [9.17, 15) is 15.0 Å². The first-order valence-electron chi connectivity index (χ1n) is 6.68. The van der Waals surface area contributed by atoms with E-state index in [0.29, 0.717) is 18.4 Å². The van der Waals surface area contributed by atoms with E-state index >= 15 is 0 Å². The van der Waals surface area contributed by atoms with Crippen molar-refractivity contribution in [1.82, 2.24) is 0 Å². The summed E-state index contributed by atoms with van der Waals surface area (Å²) >= 11 is 0. The van der Waals surface area contributed by atoms with Crippen LogP contribution in [-0.4, -0.2) is 28.2 Å². The van der Waals surface area contributed by atoms with Crippen molar-refractivity contribution in [3.05, 3.63) is 71.8 Å². The lowest BCUT2D eigenvalue weighted by atomic mass is 9.98. The summed E-state index contributed by atoms with van der Waals surface area (Å²) < 4.78 is 0. The van der Waals surface area contributed by atoms with Crippen LogP contribution < -0.4 is 0 Å². The number of carbonyl (C=O) groups is 1. The molecular formula is C17H18O3. The molecule has 3 nitrogen and oxygen atoms in total. The van der Waals surface area contributed by atoms with Crippen LogP contribution in [0.25, 0.3) is 0 Å². The summed E-state index contributed by atoms with van der Waals surface area (Å²) in [6.07, 6.45) is -1.45. The predicted molar refractivity (Wildman–Crippen MR) is 77.5 cm³/mol. The Labute approximate surface area is 118 Å². The molecular weight excluding hydrogens is 252 g/mol. The molecule has 0 bridgehead atoms. The molecule has 2 aromatic carbocycles. The fraction of sp³-hybridized carbons (Fsp3) is 0.235. The Morgan fingerprint density at radius 1 is 0.900 bits per heavy atom. The van der Waals surface area contributed by atoms with Gasteiger partial charge >= 0.3 is 0 Å². The summed E-state index contributed by atoms with van der Waals surface area (Å²) in [5.41, 5.74) is 1.49. The van der Waals surface area contributed by atoms with E-state index in [1.165, 1.54) is 0 Å². The number of aliphatic hydroxyl groups excluding tert-OH is 2. The average molecular weight is 270 g/mol. The van der Waals surface area contributed by atoms with Crippen molar-refractivity contribution in [3.8, 4) is 0 Å². The van der Waals surface area contributed by atoms with Crippen molar-refractivity contribution in [1.29, 1.82) is 0 Å². The molecule has 104 valence electrons. The first-order valence-corrected chi connectivity index (χ1v) is 6.68. The van der Waals surface area contributed by atoms with Crippen LogP contribution in [0.15, 0.2) is 60.7 Å².